The van der Waals surface area contributed by atoms with E-state index in [1.165, 1.54) is 103 Å². The summed E-state index contributed by atoms with van der Waals surface area (Å²) < 4.78 is 32.9. The minimum Gasteiger partial charge on any atom is -0.462 e. The second-order valence-corrected chi connectivity index (χ2v) is 17.8. The van der Waals surface area contributed by atoms with Gasteiger partial charge in [-0.15, -0.1) is 0 Å². The maximum atomic E-state index is 12.6. The van der Waals surface area contributed by atoms with Crippen LogP contribution in [0.25, 0.3) is 0 Å². The monoisotopic (exact) mass is 878 g/mol. The number of unbranched alkanes of at least 4 members (excludes halogenated alkanes) is 23. The van der Waals surface area contributed by atoms with Gasteiger partial charge in [-0.25, -0.2) is 4.57 Å². The first kappa shape index (κ1) is 58.7. The molecule has 3 N–H and O–H groups in total. The van der Waals surface area contributed by atoms with Gasteiger partial charge in [0.15, 0.2) is 6.10 Å². The Hall–Kier alpha value is -2.29. The smallest absolute Gasteiger partial charge is 0.462 e. The summed E-state index contributed by atoms with van der Waals surface area (Å²) in [6.07, 6.45) is 56.8. The van der Waals surface area contributed by atoms with Crippen LogP contribution in [0.2, 0.25) is 0 Å². The van der Waals surface area contributed by atoms with Crippen LogP contribution in [0.5, 0.6) is 0 Å². The van der Waals surface area contributed by atoms with Gasteiger partial charge in [-0.05, 0) is 77.0 Å². The summed E-state index contributed by atoms with van der Waals surface area (Å²) in [5, 5.41) is 0. The molecular formula is C51H92NO8P. The maximum absolute atomic E-state index is 12.6. The molecule has 0 aromatic heterocycles. The highest BCUT2D eigenvalue weighted by Crippen LogP contribution is 2.43. The van der Waals surface area contributed by atoms with Crippen molar-refractivity contribution in [1.82, 2.24) is 0 Å². The van der Waals surface area contributed by atoms with Crippen LogP contribution in [-0.4, -0.2) is 49.3 Å². The fraction of sp³-hybridized carbons (Fsp3) is 0.765. The quantitative estimate of drug-likeness (QED) is 0.0265. The summed E-state index contributed by atoms with van der Waals surface area (Å²) in [6, 6.07) is 0. The maximum Gasteiger partial charge on any atom is 0.472 e. The molecule has 2 unspecified atom stereocenters. The summed E-state index contributed by atoms with van der Waals surface area (Å²) in [4.78, 5) is 35.0. The molecule has 0 aliphatic heterocycles. The van der Waals surface area contributed by atoms with Gasteiger partial charge in [-0.1, -0.05) is 190 Å². The van der Waals surface area contributed by atoms with Crippen LogP contribution in [0.1, 0.15) is 219 Å². The number of hydrogen-bond acceptors (Lipinski definition) is 8. The molecule has 2 atom stereocenters. The number of ether oxygens (including phenoxy) is 2. The fourth-order valence-corrected chi connectivity index (χ4v) is 7.50. The van der Waals surface area contributed by atoms with E-state index in [1.54, 1.807) is 0 Å². The molecule has 0 rings (SSSR count). The molecule has 0 aliphatic carbocycles. The number of carbonyl (C=O) groups excluding carboxylic acids is 2. The van der Waals surface area contributed by atoms with E-state index in [0.717, 1.165) is 83.5 Å². The number of rotatable bonds is 46. The molecule has 0 bridgehead atoms. The van der Waals surface area contributed by atoms with Gasteiger partial charge in [0.05, 0.1) is 13.2 Å². The van der Waals surface area contributed by atoms with E-state index in [2.05, 4.69) is 74.6 Å². The molecule has 9 nitrogen and oxygen atoms in total. The highest BCUT2D eigenvalue weighted by Gasteiger charge is 2.26. The van der Waals surface area contributed by atoms with Gasteiger partial charge in [-0.3, -0.25) is 18.6 Å². The standard InChI is InChI=1S/C51H92NO8P/c1-3-5-7-9-11-13-15-17-19-21-22-23-24-25-26-28-30-32-34-36-38-40-42-44-51(54)60-49(48-59-61(55,56)58-46-45-52)47-57-50(53)43-41-39-37-35-33-31-29-27-20-18-16-14-12-10-8-6-4-2/h5,7,11,13,17-20,22-23,49H,3-4,6,8-10,12,14-16,21,24-48,52H2,1-2H3,(H,55,56)/b7-5-,13-11-,19-17-,20-18-,23-22-. The zero-order valence-electron chi connectivity index (χ0n) is 39.1. The van der Waals surface area contributed by atoms with Gasteiger partial charge in [0, 0.05) is 19.4 Å². The van der Waals surface area contributed by atoms with Crippen molar-refractivity contribution in [3.8, 4) is 0 Å². The molecule has 0 aromatic carbocycles. The first-order chi connectivity index (χ1) is 29.8. The number of allylic oxidation sites excluding steroid dienone is 10. The van der Waals surface area contributed by atoms with Gasteiger partial charge in [0.25, 0.3) is 0 Å². The zero-order valence-corrected chi connectivity index (χ0v) is 40.0. The van der Waals surface area contributed by atoms with E-state index in [-0.39, 0.29) is 38.6 Å². The Morgan fingerprint density at radius 2 is 0.902 bits per heavy atom. The Morgan fingerprint density at radius 3 is 1.36 bits per heavy atom. The third-order valence-corrected chi connectivity index (χ3v) is 11.4. The number of hydrogen-bond donors (Lipinski definition) is 2. The minimum atomic E-state index is -4.39. The second-order valence-electron chi connectivity index (χ2n) is 16.3. The molecule has 61 heavy (non-hydrogen) atoms. The van der Waals surface area contributed by atoms with Crippen LogP contribution in [-0.2, 0) is 32.7 Å². The molecule has 10 heteroatoms. The molecule has 0 heterocycles. The van der Waals surface area contributed by atoms with Crippen LogP contribution in [0.15, 0.2) is 60.8 Å². The lowest BCUT2D eigenvalue weighted by Gasteiger charge is -2.19. The molecule has 354 valence electrons. The summed E-state index contributed by atoms with van der Waals surface area (Å²) >= 11 is 0. The molecule has 0 saturated carbocycles. The van der Waals surface area contributed by atoms with Crippen molar-refractivity contribution in [1.29, 1.82) is 0 Å². The van der Waals surface area contributed by atoms with Gasteiger partial charge < -0.3 is 20.1 Å². The average Bonchev–Trinajstić information content (AvgIpc) is 3.25. The lowest BCUT2D eigenvalue weighted by Crippen LogP contribution is -2.29. The van der Waals surface area contributed by atoms with E-state index >= 15 is 0 Å². The van der Waals surface area contributed by atoms with E-state index in [1.807, 2.05) is 0 Å². The normalized spacial score (nSPS) is 13.7. The third kappa shape index (κ3) is 47.0. The van der Waals surface area contributed by atoms with Crippen LogP contribution >= 0.6 is 7.82 Å². The molecule has 0 amide bonds. The van der Waals surface area contributed by atoms with Crippen molar-refractivity contribution in [3.05, 3.63) is 60.8 Å². The molecule has 0 fully saturated rings. The largest absolute Gasteiger partial charge is 0.472 e. The lowest BCUT2D eigenvalue weighted by molar-refractivity contribution is -0.161. The Morgan fingerprint density at radius 1 is 0.508 bits per heavy atom. The zero-order chi connectivity index (χ0) is 44.6. The minimum absolute atomic E-state index is 0.0503. The van der Waals surface area contributed by atoms with Crippen LogP contribution in [0.3, 0.4) is 0 Å². The van der Waals surface area contributed by atoms with Crippen molar-refractivity contribution in [2.75, 3.05) is 26.4 Å². The van der Waals surface area contributed by atoms with Gasteiger partial charge >= 0.3 is 19.8 Å². The highest BCUT2D eigenvalue weighted by molar-refractivity contribution is 7.47. The summed E-state index contributed by atoms with van der Waals surface area (Å²) in [5.74, 6) is -0.836. The SMILES string of the molecule is CC/C=C\C/C=C\C/C=C\C/C=C\CCCCCCCCCCCCC(=O)OC(COC(=O)CCCCCCCCC/C=C\CCCCCCCC)COP(=O)(O)OCCN. The summed E-state index contributed by atoms with van der Waals surface area (Å²) in [5.41, 5.74) is 5.36. The van der Waals surface area contributed by atoms with Crippen molar-refractivity contribution in [3.63, 3.8) is 0 Å². The fourth-order valence-electron chi connectivity index (χ4n) is 6.74. The van der Waals surface area contributed by atoms with Crippen LogP contribution < -0.4 is 5.73 Å². The van der Waals surface area contributed by atoms with Crippen molar-refractivity contribution >= 4 is 19.8 Å². The second kappa shape index (κ2) is 47.2. The molecule has 0 saturated heterocycles. The number of carbonyl (C=O) groups is 2. The van der Waals surface area contributed by atoms with E-state index in [0.29, 0.717) is 6.42 Å². The predicted octanol–water partition coefficient (Wildman–Crippen LogP) is 14.8. The van der Waals surface area contributed by atoms with Crippen LogP contribution in [0, 0.1) is 0 Å². The van der Waals surface area contributed by atoms with Gasteiger partial charge in [0.2, 0.25) is 0 Å². The topological polar surface area (TPSA) is 134 Å². The lowest BCUT2D eigenvalue weighted by atomic mass is 10.0. The number of nitrogens with two attached hydrogens (primary N) is 1. The molecule has 0 aromatic rings. The van der Waals surface area contributed by atoms with Crippen molar-refractivity contribution < 1.29 is 37.6 Å². The summed E-state index contributed by atoms with van der Waals surface area (Å²) in [7, 11) is -4.39. The van der Waals surface area contributed by atoms with Crippen molar-refractivity contribution in [2.24, 2.45) is 5.73 Å². The van der Waals surface area contributed by atoms with Crippen LogP contribution in [0.4, 0.5) is 0 Å². The van der Waals surface area contributed by atoms with Gasteiger partial charge in [-0.2, -0.15) is 0 Å². The Labute approximate surface area is 374 Å². The average molecular weight is 878 g/mol. The first-order valence-corrected chi connectivity index (χ1v) is 26.3. The highest BCUT2D eigenvalue weighted by atomic mass is 31.2. The van der Waals surface area contributed by atoms with Gasteiger partial charge in [0.1, 0.15) is 6.61 Å². The molecular weight excluding hydrogens is 786 g/mol. The van der Waals surface area contributed by atoms with Crippen molar-refractivity contribution in [2.45, 2.75) is 225 Å². The predicted molar refractivity (Wildman–Crippen MR) is 256 cm³/mol. The Balaban J connectivity index is 4.08. The van der Waals surface area contributed by atoms with E-state index in [9.17, 15) is 19.0 Å². The number of esters is 2. The first-order valence-electron chi connectivity index (χ1n) is 24.8. The third-order valence-electron chi connectivity index (χ3n) is 10.4. The Bertz CT molecular complexity index is 1180. The number of phosphoric acid groups is 1. The summed E-state index contributed by atoms with van der Waals surface area (Å²) in [6.45, 7) is 3.62. The Kier molecular flexibility index (Phi) is 45.4. The number of phosphoric ester groups is 1. The molecule has 0 aliphatic rings. The van der Waals surface area contributed by atoms with E-state index in [4.69, 9.17) is 24.3 Å². The molecule has 0 spiro atoms. The molecule has 0 radical (unpaired) electrons. The van der Waals surface area contributed by atoms with E-state index < -0.39 is 26.5 Å².